The Morgan fingerprint density at radius 1 is 1.36 bits per heavy atom. The normalized spacial score (nSPS) is 18.9. The first kappa shape index (κ1) is 14.5. The molecule has 2 aliphatic rings. The van der Waals surface area contributed by atoms with Crippen LogP contribution in [0.5, 0.6) is 5.75 Å². The molecule has 1 saturated heterocycles. The highest BCUT2D eigenvalue weighted by molar-refractivity contribution is 6.20. The van der Waals surface area contributed by atoms with Gasteiger partial charge in [0.25, 0.3) is 11.6 Å². The van der Waals surface area contributed by atoms with Gasteiger partial charge in [-0.05, 0) is 12.1 Å². The number of amides is 1. The van der Waals surface area contributed by atoms with Crippen LogP contribution < -0.4 is 10.1 Å². The Morgan fingerprint density at radius 3 is 2.73 bits per heavy atom. The van der Waals surface area contributed by atoms with E-state index in [1.165, 1.54) is 19.2 Å². The Morgan fingerprint density at radius 2 is 2.09 bits per heavy atom. The monoisotopic (exact) mass is 304 g/mol. The highest BCUT2D eigenvalue weighted by Gasteiger charge is 2.39. The summed E-state index contributed by atoms with van der Waals surface area (Å²) in [4.78, 5) is 22.7. The second-order valence-corrected chi connectivity index (χ2v) is 5.35. The number of nitro groups is 1. The van der Waals surface area contributed by atoms with Gasteiger partial charge in [0, 0.05) is 37.6 Å². The summed E-state index contributed by atoms with van der Waals surface area (Å²) in [6.45, 7) is 1.11. The fourth-order valence-corrected chi connectivity index (χ4v) is 2.81. The molecule has 3 rings (SSSR count). The topological polar surface area (TPSA) is 90.7 Å². The third kappa shape index (κ3) is 2.43. The number of rotatable bonds is 2. The average molecular weight is 304 g/mol. The summed E-state index contributed by atoms with van der Waals surface area (Å²) < 4.78 is 11.4. The van der Waals surface area contributed by atoms with Gasteiger partial charge in [0.2, 0.25) is 0 Å². The summed E-state index contributed by atoms with van der Waals surface area (Å²) >= 11 is 0. The number of nitrogens with zero attached hydrogens (tertiary/aromatic N) is 1. The number of nitrogens with one attached hydrogen (secondary N) is 1. The van der Waals surface area contributed by atoms with Crippen LogP contribution in [0.25, 0.3) is 5.57 Å². The third-order valence-electron chi connectivity index (χ3n) is 4.00. The van der Waals surface area contributed by atoms with E-state index < -0.39 is 10.5 Å². The summed E-state index contributed by atoms with van der Waals surface area (Å²) in [5.74, 6) is 0.213. The van der Waals surface area contributed by atoms with E-state index in [1.54, 1.807) is 12.1 Å². The maximum atomic E-state index is 12.2. The number of benzene rings is 1. The Kier molecular flexibility index (Phi) is 3.58. The zero-order chi connectivity index (χ0) is 15.7. The van der Waals surface area contributed by atoms with Crippen LogP contribution in [0.1, 0.15) is 18.4 Å². The van der Waals surface area contributed by atoms with Crippen LogP contribution in [0.4, 0.5) is 5.69 Å². The first-order valence-electron chi connectivity index (χ1n) is 7.05. The maximum absolute atomic E-state index is 12.2. The SMILES string of the molecule is CNC(=O)C1=CC2(CCOCC2)Oc2ccc([N+](=O)[O-])cc21. The fraction of sp³-hybridized carbons (Fsp3) is 0.400. The highest BCUT2D eigenvalue weighted by Crippen LogP contribution is 2.41. The number of fused-ring (bicyclic) bond motifs is 1. The molecule has 22 heavy (non-hydrogen) atoms. The fourth-order valence-electron chi connectivity index (χ4n) is 2.81. The number of nitro benzene ring substituents is 1. The summed E-state index contributed by atoms with van der Waals surface area (Å²) in [6.07, 6.45) is 3.06. The van der Waals surface area contributed by atoms with Crippen LogP contribution in [0, 0.1) is 10.1 Å². The number of non-ortho nitro benzene ring substituents is 1. The predicted octanol–water partition coefficient (Wildman–Crippen LogP) is 1.67. The molecule has 0 aliphatic carbocycles. The van der Waals surface area contributed by atoms with Crippen molar-refractivity contribution in [1.82, 2.24) is 5.32 Å². The molecule has 7 nitrogen and oxygen atoms in total. The van der Waals surface area contributed by atoms with E-state index in [9.17, 15) is 14.9 Å². The van der Waals surface area contributed by atoms with E-state index in [0.29, 0.717) is 42.9 Å². The van der Waals surface area contributed by atoms with E-state index in [4.69, 9.17) is 9.47 Å². The third-order valence-corrected chi connectivity index (χ3v) is 4.00. The zero-order valence-electron chi connectivity index (χ0n) is 12.1. The highest BCUT2D eigenvalue weighted by atomic mass is 16.6. The Hall–Kier alpha value is -2.41. The van der Waals surface area contributed by atoms with Gasteiger partial charge in [0.1, 0.15) is 11.4 Å². The van der Waals surface area contributed by atoms with Gasteiger partial charge in [-0.3, -0.25) is 14.9 Å². The Balaban J connectivity index is 2.10. The van der Waals surface area contributed by atoms with Gasteiger partial charge in [-0.2, -0.15) is 0 Å². The first-order valence-corrected chi connectivity index (χ1v) is 7.05. The van der Waals surface area contributed by atoms with Crippen LogP contribution >= 0.6 is 0 Å². The molecule has 1 amide bonds. The maximum Gasteiger partial charge on any atom is 0.270 e. The molecule has 2 aliphatic heterocycles. The van der Waals surface area contributed by atoms with Crippen LogP contribution in [-0.4, -0.2) is 36.7 Å². The lowest BCUT2D eigenvalue weighted by Crippen LogP contribution is -2.43. The van der Waals surface area contributed by atoms with Crippen molar-refractivity contribution in [3.8, 4) is 5.75 Å². The minimum absolute atomic E-state index is 0.0694. The van der Waals surface area contributed by atoms with Crippen LogP contribution in [0.2, 0.25) is 0 Å². The van der Waals surface area contributed by atoms with Gasteiger partial charge >= 0.3 is 0 Å². The molecular weight excluding hydrogens is 288 g/mol. The molecular formula is C15H16N2O5. The van der Waals surface area contributed by atoms with Crippen LogP contribution in [0.15, 0.2) is 24.3 Å². The Bertz CT molecular complexity index is 662. The molecule has 1 aromatic carbocycles. The summed E-state index contributed by atoms with van der Waals surface area (Å²) in [6, 6.07) is 4.32. The lowest BCUT2D eigenvalue weighted by molar-refractivity contribution is -0.384. The largest absolute Gasteiger partial charge is 0.482 e. The van der Waals surface area contributed by atoms with E-state index in [2.05, 4.69) is 5.32 Å². The minimum atomic E-state index is -0.580. The molecule has 1 aromatic rings. The van der Waals surface area contributed by atoms with Crippen LogP contribution in [0.3, 0.4) is 0 Å². The number of ether oxygens (including phenoxy) is 2. The molecule has 0 radical (unpaired) electrons. The molecule has 0 aromatic heterocycles. The molecule has 0 atom stereocenters. The minimum Gasteiger partial charge on any atom is -0.482 e. The molecule has 0 unspecified atom stereocenters. The second-order valence-electron chi connectivity index (χ2n) is 5.35. The van der Waals surface area contributed by atoms with Crippen molar-refractivity contribution in [2.24, 2.45) is 0 Å². The lowest BCUT2D eigenvalue weighted by atomic mass is 9.86. The van der Waals surface area contributed by atoms with Gasteiger partial charge < -0.3 is 14.8 Å². The molecule has 116 valence electrons. The van der Waals surface area contributed by atoms with Crippen molar-refractivity contribution in [2.75, 3.05) is 20.3 Å². The summed E-state index contributed by atoms with van der Waals surface area (Å²) in [5, 5.41) is 13.5. The molecule has 1 N–H and O–H groups in total. The zero-order valence-corrected chi connectivity index (χ0v) is 12.1. The van der Waals surface area contributed by atoms with Gasteiger partial charge in [-0.1, -0.05) is 0 Å². The molecule has 2 heterocycles. The smallest absolute Gasteiger partial charge is 0.270 e. The van der Waals surface area contributed by atoms with Crippen molar-refractivity contribution in [3.63, 3.8) is 0 Å². The number of hydrogen-bond donors (Lipinski definition) is 1. The lowest BCUT2D eigenvalue weighted by Gasteiger charge is -2.39. The van der Waals surface area contributed by atoms with Crippen molar-refractivity contribution in [3.05, 3.63) is 40.0 Å². The molecule has 1 fully saturated rings. The number of likely N-dealkylation sites (N-methyl/N-ethyl adjacent to an activating group) is 1. The van der Waals surface area contributed by atoms with Gasteiger partial charge in [-0.25, -0.2) is 0 Å². The predicted molar refractivity (Wildman–Crippen MR) is 78.6 cm³/mol. The number of carbonyl (C=O) groups excluding carboxylic acids is 1. The van der Waals surface area contributed by atoms with Gasteiger partial charge in [-0.15, -0.1) is 0 Å². The number of hydrogen-bond acceptors (Lipinski definition) is 5. The molecule has 0 saturated carbocycles. The molecule has 7 heteroatoms. The standard InChI is InChI=1S/C15H16N2O5/c1-16-14(18)12-9-15(4-6-21-7-5-15)22-13-3-2-10(17(19)20)8-11(12)13/h2-3,8-9H,4-7H2,1H3,(H,16,18). The molecule has 0 bridgehead atoms. The van der Waals surface area contributed by atoms with Crippen LogP contribution in [-0.2, 0) is 9.53 Å². The van der Waals surface area contributed by atoms with E-state index in [-0.39, 0.29) is 11.6 Å². The molecule has 1 spiro atoms. The summed E-state index contributed by atoms with van der Waals surface area (Å²) in [7, 11) is 1.53. The quantitative estimate of drug-likeness (QED) is 0.663. The Labute approximate surface area is 127 Å². The summed E-state index contributed by atoms with van der Waals surface area (Å²) in [5.41, 5.74) is 0.212. The average Bonchev–Trinajstić information content (AvgIpc) is 2.53. The van der Waals surface area contributed by atoms with E-state index in [1.807, 2.05) is 0 Å². The van der Waals surface area contributed by atoms with Crippen molar-refractivity contribution >= 4 is 17.2 Å². The van der Waals surface area contributed by atoms with E-state index in [0.717, 1.165) is 0 Å². The van der Waals surface area contributed by atoms with Crippen molar-refractivity contribution in [1.29, 1.82) is 0 Å². The van der Waals surface area contributed by atoms with Crippen molar-refractivity contribution < 1.29 is 19.2 Å². The second kappa shape index (κ2) is 5.42. The van der Waals surface area contributed by atoms with Gasteiger partial charge in [0.05, 0.1) is 23.7 Å². The number of carbonyl (C=O) groups is 1. The van der Waals surface area contributed by atoms with Crippen molar-refractivity contribution in [2.45, 2.75) is 18.4 Å². The van der Waals surface area contributed by atoms with Gasteiger partial charge in [0.15, 0.2) is 0 Å². The first-order chi connectivity index (χ1) is 10.5. The van der Waals surface area contributed by atoms with E-state index >= 15 is 0 Å².